The first-order chi connectivity index (χ1) is 7.58. The zero-order chi connectivity index (χ0) is 11.7. The summed E-state index contributed by atoms with van der Waals surface area (Å²) in [4.78, 5) is 0. The third-order valence-corrected chi connectivity index (χ3v) is 2.90. The van der Waals surface area contributed by atoms with E-state index in [9.17, 15) is 8.78 Å². The molecule has 0 aliphatic rings. The van der Waals surface area contributed by atoms with Crippen molar-refractivity contribution >= 4 is 34.0 Å². The Hall–Kier alpha value is -0.860. The molecule has 0 aliphatic carbocycles. The Labute approximate surface area is 102 Å². The zero-order valence-electron chi connectivity index (χ0n) is 8.13. The van der Waals surface area contributed by atoms with Crippen molar-refractivity contribution in [2.75, 3.05) is 0 Å². The van der Waals surface area contributed by atoms with E-state index in [1.165, 1.54) is 0 Å². The summed E-state index contributed by atoms with van der Waals surface area (Å²) in [5.74, 6) is 0. The van der Waals surface area contributed by atoms with Crippen LogP contribution in [-0.2, 0) is 0 Å². The lowest BCUT2D eigenvalue weighted by Crippen LogP contribution is -1.86. The van der Waals surface area contributed by atoms with Gasteiger partial charge >= 0.3 is 0 Å². The highest BCUT2D eigenvalue weighted by Crippen LogP contribution is 2.29. The Kier molecular flexibility index (Phi) is 3.31. The van der Waals surface area contributed by atoms with Gasteiger partial charge in [0.2, 0.25) is 0 Å². The van der Waals surface area contributed by atoms with Gasteiger partial charge < -0.3 is 0 Å². The lowest BCUT2D eigenvalue weighted by atomic mass is 10.0. The molecule has 0 bridgehead atoms. The van der Waals surface area contributed by atoms with Gasteiger partial charge in [-0.05, 0) is 22.9 Å². The maximum absolute atomic E-state index is 12.9. The van der Waals surface area contributed by atoms with Gasteiger partial charge in [0.15, 0.2) is 11.3 Å². The molecule has 0 spiro atoms. The first kappa shape index (κ1) is 11.6. The van der Waals surface area contributed by atoms with E-state index in [0.717, 1.165) is 10.8 Å². The molecule has 0 aromatic heterocycles. The Bertz CT molecular complexity index is 467. The molecule has 2 atom stereocenters. The minimum absolute atomic E-state index is 0.358. The average molecular weight is 261 g/mol. The third kappa shape index (κ3) is 2.28. The van der Waals surface area contributed by atoms with E-state index in [0.29, 0.717) is 11.1 Å². The first-order valence-electron chi connectivity index (χ1n) is 4.68. The first-order valence-corrected chi connectivity index (χ1v) is 5.55. The third-order valence-electron chi connectivity index (χ3n) is 2.39. The Balaban J connectivity index is 2.56. The van der Waals surface area contributed by atoms with Gasteiger partial charge in [0.05, 0.1) is 0 Å². The molecule has 0 nitrogen and oxygen atoms in total. The highest BCUT2D eigenvalue weighted by atomic mass is 35.5. The molecular formula is C12H8Cl2F2. The van der Waals surface area contributed by atoms with Crippen molar-refractivity contribution in [3.05, 3.63) is 47.5 Å². The van der Waals surface area contributed by atoms with Crippen LogP contribution in [0.25, 0.3) is 10.8 Å². The van der Waals surface area contributed by atoms with Crippen LogP contribution in [0.1, 0.15) is 22.4 Å². The van der Waals surface area contributed by atoms with Crippen molar-refractivity contribution in [3.63, 3.8) is 0 Å². The van der Waals surface area contributed by atoms with E-state index in [1.54, 1.807) is 36.4 Å². The summed E-state index contributed by atoms with van der Waals surface area (Å²) < 4.78 is 25.8. The molecular weight excluding hydrogens is 253 g/mol. The fraction of sp³-hybridized carbons (Fsp3) is 0.167. The quantitative estimate of drug-likeness (QED) is 0.647. The number of rotatable bonds is 2. The largest absolute Gasteiger partial charge is 0.225 e. The van der Waals surface area contributed by atoms with E-state index >= 15 is 0 Å². The highest BCUT2D eigenvalue weighted by molar-refractivity contribution is 6.20. The number of hydrogen-bond acceptors (Lipinski definition) is 0. The molecule has 0 radical (unpaired) electrons. The second-order valence-corrected chi connectivity index (χ2v) is 4.23. The van der Waals surface area contributed by atoms with Crippen LogP contribution in [0.3, 0.4) is 0 Å². The van der Waals surface area contributed by atoms with Crippen molar-refractivity contribution in [1.82, 2.24) is 0 Å². The summed E-state index contributed by atoms with van der Waals surface area (Å²) in [6.45, 7) is 0. The Morgan fingerprint density at radius 2 is 1.19 bits per heavy atom. The lowest BCUT2D eigenvalue weighted by Gasteiger charge is -2.06. The Morgan fingerprint density at radius 3 is 1.56 bits per heavy atom. The second kappa shape index (κ2) is 4.56. The summed E-state index contributed by atoms with van der Waals surface area (Å²) in [7, 11) is 0. The van der Waals surface area contributed by atoms with Crippen molar-refractivity contribution < 1.29 is 8.78 Å². The van der Waals surface area contributed by atoms with Crippen LogP contribution < -0.4 is 0 Å². The summed E-state index contributed by atoms with van der Waals surface area (Å²) in [6.07, 6.45) is 0. The van der Waals surface area contributed by atoms with Gasteiger partial charge in [-0.2, -0.15) is 0 Å². The van der Waals surface area contributed by atoms with E-state index in [1.807, 2.05) is 0 Å². The topological polar surface area (TPSA) is 0 Å². The maximum Gasteiger partial charge on any atom is 0.198 e. The van der Waals surface area contributed by atoms with E-state index in [2.05, 4.69) is 0 Å². The zero-order valence-corrected chi connectivity index (χ0v) is 9.64. The maximum atomic E-state index is 12.9. The number of halogens is 4. The molecule has 0 saturated carbocycles. The van der Waals surface area contributed by atoms with Crippen molar-refractivity contribution in [2.24, 2.45) is 0 Å². The van der Waals surface area contributed by atoms with Crippen molar-refractivity contribution in [1.29, 1.82) is 0 Å². The predicted octanol–water partition coefficient (Wildman–Crippen LogP) is 5.25. The summed E-state index contributed by atoms with van der Waals surface area (Å²) in [5, 5.41) is 1.61. The van der Waals surface area contributed by atoms with Crippen LogP contribution in [0.5, 0.6) is 0 Å². The second-order valence-electron chi connectivity index (χ2n) is 3.47. The molecule has 2 rings (SSSR count). The van der Waals surface area contributed by atoms with Gasteiger partial charge in [0.1, 0.15) is 0 Å². The molecule has 84 valence electrons. The van der Waals surface area contributed by atoms with Gasteiger partial charge in [-0.25, -0.2) is 8.78 Å². The predicted molar refractivity (Wildman–Crippen MR) is 63.4 cm³/mol. The van der Waals surface area contributed by atoms with Gasteiger partial charge in [0.25, 0.3) is 0 Å². The minimum atomic E-state index is -1.55. The monoisotopic (exact) mass is 260 g/mol. The van der Waals surface area contributed by atoms with E-state index in [-0.39, 0.29) is 0 Å². The normalized spacial score (nSPS) is 15.0. The summed E-state index contributed by atoms with van der Waals surface area (Å²) in [6, 6.07) is 9.88. The molecule has 0 amide bonds. The van der Waals surface area contributed by atoms with Crippen LogP contribution in [0, 0.1) is 0 Å². The molecule has 4 heteroatoms. The van der Waals surface area contributed by atoms with Crippen molar-refractivity contribution in [3.8, 4) is 0 Å². The minimum Gasteiger partial charge on any atom is -0.225 e. The number of alkyl halides is 4. The van der Waals surface area contributed by atoms with Crippen LogP contribution in [0.2, 0.25) is 0 Å². The lowest BCUT2D eigenvalue weighted by molar-refractivity contribution is 0.460. The van der Waals surface area contributed by atoms with E-state index in [4.69, 9.17) is 23.2 Å². The highest BCUT2D eigenvalue weighted by Gasteiger charge is 2.08. The fourth-order valence-electron chi connectivity index (χ4n) is 1.56. The van der Waals surface area contributed by atoms with E-state index < -0.39 is 11.3 Å². The number of benzene rings is 2. The average Bonchev–Trinajstić information content (AvgIpc) is 2.27. The fourth-order valence-corrected chi connectivity index (χ4v) is 1.83. The van der Waals surface area contributed by atoms with Crippen LogP contribution in [0.4, 0.5) is 8.78 Å². The molecule has 0 N–H and O–H groups in total. The summed E-state index contributed by atoms with van der Waals surface area (Å²) in [5.41, 5.74) is -2.39. The van der Waals surface area contributed by atoms with Gasteiger partial charge in [-0.15, -0.1) is 0 Å². The van der Waals surface area contributed by atoms with Gasteiger partial charge in [-0.1, -0.05) is 47.5 Å². The molecule has 0 aliphatic heterocycles. The number of fused-ring (bicyclic) bond motifs is 1. The smallest absolute Gasteiger partial charge is 0.198 e. The molecule has 2 unspecified atom stereocenters. The van der Waals surface area contributed by atoms with Gasteiger partial charge in [-0.3, -0.25) is 0 Å². The molecule has 0 fully saturated rings. The molecule has 2 aromatic carbocycles. The molecule has 0 heterocycles. The van der Waals surface area contributed by atoms with Crippen LogP contribution in [-0.4, -0.2) is 0 Å². The molecule has 2 aromatic rings. The van der Waals surface area contributed by atoms with Crippen LogP contribution >= 0.6 is 23.2 Å². The van der Waals surface area contributed by atoms with Crippen molar-refractivity contribution in [2.45, 2.75) is 11.3 Å². The summed E-state index contributed by atoms with van der Waals surface area (Å²) >= 11 is 10.7. The SMILES string of the molecule is FC(Cl)c1ccc2ccc(C(F)Cl)cc2c1. The van der Waals surface area contributed by atoms with Gasteiger partial charge in [0, 0.05) is 11.1 Å². The number of hydrogen-bond donors (Lipinski definition) is 0. The molecule has 0 saturated heterocycles. The van der Waals surface area contributed by atoms with Crippen LogP contribution in [0.15, 0.2) is 36.4 Å². The standard InChI is InChI=1S/C12H8Cl2F2/c13-11(15)8-3-1-7-2-4-9(12(14)16)6-10(7)5-8/h1-6,11-12H. The molecule has 16 heavy (non-hydrogen) atoms. The Morgan fingerprint density at radius 1 is 0.750 bits per heavy atom.